The van der Waals surface area contributed by atoms with Gasteiger partial charge in [-0.25, -0.2) is 0 Å². The zero-order chi connectivity index (χ0) is 13.4. The molecule has 0 aromatic heterocycles. The fraction of sp³-hybridized carbons (Fsp3) is 0.533. The van der Waals surface area contributed by atoms with E-state index in [0.29, 0.717) is 11.9 Å². The molecule has 3 rings (SSSR count). The molecule has 1 fully saturated rings. The van der Waals surface area contributed by atoms with Crippen molar-refractivity contribution in [1.82, 2.24) is 14.7 Å². The van der Waals surface area contributed by atoms with Crippen LogP contribution >= 0.6 is 0 Å². The van der Waals surface area contributed by atoms with Gasteiger partial charge in [0.15, 0.2) is 0 Å². The van der Waals surface area contributed by atoms with Gasteiger partial charge in [-0.3, -0.25) is 10.3 Å². The molecule has 0 radical (unpaired) electrons. The van der Waals surface area contributed by atoms with Crippen LogP contribution < -0.4 is 0 Å². The third-order valence-corrected chi connectivity index (χ3v) is 4.36. The Hall–Kier alpha value is -1.39. The lowest BCUT2D eigenvalue weighted by Gasteiger charge is -2.39. The average Bonchev–Trinajstić information content (AvgIpc) is 2.72. The standard InChI is InChI=1S/C15H22N4/c1-17-7-8-18(2)13(10-17)11-19-9-12-5-3-4-6-14(12)15(19)16/h3-6,13,16H,7-11H2,1-2H3. The van der Waals surface area contributed by atoms with Gasteiger partial charge in [-0.05, 0) is 19.7 Å². The molecule has 2 heterocycles. The zero-order valence-electron chi connectivity index (χ0n) is 11.8. The summed E-state index contributed by atoms with van der Waals surface area (Å²) >= 11 is 0. The largest absolute Gasteiger partial charge is 0.351 e. The summed E-state index contributed by atoms with van der Waals surface area (Å²) in [6.45, 7) is 5.20. The Morgan fingerprint density at radius 3 is 2.79 bits per heavy atom. The SMILES string of the molecule is CN1CCN(C)C(CN2Cc3ccccc3C2=N)C1. The van der Waals surface area contributed by atoms with Crippen LogP contribution in [0.1, 0.15) is 11.1 Å². The van der Waals surface area contributed by atoms with Crippen LogP contribution in [0.2, 0.25) is 0 Å². The minimum Gasteiger partial charge on any atom is -0.351 e. The summed E-state index contributed by atoms with van der Waals surface area (Å²) in [6, 6.07) is 8.82. The Morgan fingerprint density at radius 2 is 2.00 bits per heavy atom. The number of benzene rings is 1. The molecule has 0 spiro atoms. The molecular formula is C15H22N4. The highest BCUT2D eigenvalue weighted by Gasteiger charge is 2.29. The summed E-state index contributed by atoms with van der Waals surface area (Å²) in [7, 11) is 4.38. The fourth-order valence-corrected chi connectivity index (χ4v) is 3.05. The van der Waals surface area contributed by atoms with Gasteiger partial charge in [-0.2, -0.15) is 0 Å². The first-order chi connectivity index (χ1) is 9.15. The van der Waals surface area contributed by atoms with Crippen LogP contribution in [-0.2, 0) is 6.54 Å². The summed E-state index contributed by atoms with van der Waals surface area (Å²) in [5.41, 5.74) is 2.40. The lowest BCUT2D eigenvalue weighted by molar-refractivity contribution is 0.0979. The second kappa shape index (κ2) is 4.94. The van der Waals surface area contributed by atoms with Crippen molar-refractivity contribution in [3.8, 4) is 0 Å². The van der Waals surface area contributed by atoms with Crippen LogP contribution in [0.15, 0.2) is 24.3 Å². The van der Waals surface area contributed by atoms with Gasteiger partial charge in [0.1, 0.15) is 5.84 Å². The predicted molar refractivity (Wildman–Crippen MR) is 77.6 cm³/mol. The van der Waals surface area contributed by atoms with E-state index in [2.05, 4.69) is 47.0 Å². The normalized spacial score (nSPS) is 24.8. The van der Waals surface area contributed by atoms with E-state index in [1.807, 2.05) is 6.07 Å². The van der Waals surface area contributed by atoms with Gasteiger partial charge in [0, 0.05) is 44.3 Å². The van der Waals surface area contributed by atoms with E-state index in [4.69, 9.17) is 5.41 Å². The molecule has 0 aliphatic carbocycles. The number of rotatable bonds is 2. The smallest absolute Gasteiger partial charge is 0.128 e. The quantitative estimate of drug-likeness (QED) is 0.861. The minimum atomic E-state index is 0.522. The zero-order valence-corrected chi connectivity index (χ0v) is 11.8. The van der Waals surface area contributed by atoms with Gasteiger partial charge in [-0.15, -0.1) is 0 Å². The van der Waals surface area contributed by atoms with Crippen LogP contribution in [-0.4, -0.2) is 66.9 Å². The predicted octanol–water partition coefficient (Wildman–Crippen LogP) is 1.07. The maximum Gasteiger partial charge on any atom is 0.128 e. The Balaban J connectivity index is 1.70. The van der Waals surface area contributed by atoms with Gasteiger partial charge >= 0.3 is 0 Å². The van der Waals surface area contributed by atoms with Crippen molar-refractivity contribution in [2.24, 2.45) is 0 Å². The number of fused-ring (bicyclic) bond motifs is 1. The number of hydrogen-bond acceptors (Lipinski definition) is 3. The van der Waals surface area contributed by atoms with Crippen LogP contribution in [0.4, 0.5) is 0 Å². The second-order valence-corrected chi connectivity index (χ2v) is 5.78. The van der Waals surface area contributed by atoms with E-state index < -0.39 is 0 Å². The molecule has 1 unspecified atom stereocenters. The summed E-state index contributed by atoms with van der Waals surface area (Å²) in [5, 5.41) is 8.32. The van der Waals surface area contributed by atoms with Crippen molar-refractivity contribution in [2.75, 3.05) is 40.3 Å². The highest BCUT2D eigenvalue weighted by molar-refractivity contribution is 6.00. The van der Waals surface area contributed by atoms with Crippen molar-refractivity contribution in [2.45, 2.75) is 12.6 Å². The summed E-state index contributed by atoms with van der Waals surface area (Å²) < 4.78 is 0. The van der Waals surface area contributed by atoms with E-state index in [-0.39, 0.29) is 0 Å². The van der Waals surface area contributed by atoms with Gasteiger partial charge in [0.2, 0.25) is 0 Å². The van der Waals surface area contributed by atoms with Crippen molar-refractivity contribution < 1.29 is 0 Å². The first-order valence-corrected chi connectivity index (χ1v) is 6.95. The number of amidine groups is 1. The van der Waals surface area contributed by atoms with Crippen molar-refractivity contribution in [3.05, 3.63) is 35.4 Å². The van der Waals surface area contributed by atoms with Gasteiger partial charge < -0.3 is 9.80 Å². The van der Waals surface area contributed by atoms with Crippen LogP contribution in [0.25, 0.3) is 0 Å². The van der Waals surface area contributed by atoms with Gasteiger partial charge in [0.25, 0.3) is 0 Å². The minimum absolute atomic E-state index is 0.522. The first kappa shape index (κ1) is 12.6. The van der Waals surface area contributed by atoms with E-state index in [9.17, 15) is 0 Å². The Labute approximate surface area is 115 Å². The molecule has 102 valence electrons. The average molecular weight is 258 g/mol. The maximum absolute atomic E-state index is 8.32. The molecule has 0 saturated carbocycles. The monoisotopic (exact) mass is 258 g/mol. The third-order valence-electron chi connectivity index (χ3n) is 4.36. The number of nitrogens with zero attached hydrogens (tertiary/aromatic N) is 3. The molecule has 4 heteroatoms. The molecule has 2 aliphatic rings. The molecule has 0 amide bonds. The van der Waals surface area contributed by atoms with E-state index in [0.717, 1.165) is 38.3 Å². The molecule has 2 aliphatic heterocycles. The number of piperazine rings is 1. The summed E-state index contributed by atoms with van der Waals surface area (Å²) in [5.74, 6) is 0.692. The van der Waals surface area contributed by atoms with Crippen molar-refractivity contribution in [3.63, 3.8) is 0 Å². The Bertz CT molecular complexity index is 485. The Kier molecular flexibility index (Phi) is 3.29. The maximum atomic E-state index is 8.32. The van der Waals surface area contributed by atoms with Crippen LogP contribution in [0.3, 0.4) is 0 Å². The highest BCUT2D eigenvalue weighted by atomic mass is 15.3. The molecule has 1 saturated heterocycles. The summed E-state index contributed by atoms with van der Waals surface area (Å²) in [6.07, 6.45) is 0. The number of hydrogen-bond donors (Lipinski definition) is 1. The Morgan fingerprint density at radius 1 is 1.21 bits per heavy atom. The highest BCUT2D eigenvalue weighted by Crippen LogP contribution is 2.23. The summed E-state index contributed by atoms with van der Waals surface area (Å²) in [4.78, 5) is 7.03. The molecule has 1 atom stereocenters. The lowest BCUT2D eigenvalue weighted by Crippen LogP contribution is -2.54. The molecule has 1 aromatic carbocycles. The van der Waals surface area contributed by atoms with Crippen molar-refractivity contribution in [1.29, 1.82) is 5.41 Å². The van der Waals surface area contributed by atoms with Gasteiger partial charge in [-0.1, -0.05) is 24.3 Å². The topological polar surface area (TPSA) is 33.6 Å². The second-order valence-electron chi connectivity index (χ2n) is 5.78. The van der Waals surface area contributed by atoms with Crippen LogP contribution in [0, 0.1) is 5.41 Å². The number of likely N-dealkylation sites (N-methyl/N-ethyl adjacent to an activating group) is 2. The van der Waals surface area contributed by atoms with E-state index >= 15 is 0 Å². The molecular weight excluding hydrogens is 236 g/mol. The molecule has 1 aromatic rings. The van der Waals surface area contributed by atoms with E-state index in [1.165, 1.54) is 5.56 Å². The van der Waals surface area contributed by atoms with Crippen LogP contribution in [0.5, 0.6) is 0 Å². The lowest BCUT2D eigenvalue weighted by atomic mass is 10.1. The molecule has 4 nitrogen and oxygen atoms in total. The van der Waals surface area contributed by atoms with Crippen molar-refractivity contribution >= 4 is 5.84 Å². The molecule has 1 N–H and O–H groups in total. The van der Waals surface area contributed by atoms with E-state index in [1.54, 1.807) is 0 Å². The van der Waals surface area contributed by atoms with Gasteiger partial charge in [0.05, 0.1) is 0 Å². The fourth-order valence-electron chi connectivity index (χ4n) is 3.05. The molecule has 19 heavy (non-hydrogen) atoms. The number of nitrogens with one attached hydrogen (secondary N) is 1. The third kappa shape index (κ3) is 2.38. The first-order valence-electron chi connectivity index (χ1n) is 6.95. The molecule has 0 bridgehead atoms.